The van der Waals surface area contributed by atoms with Crippen LogP contribution in [0.25, 0.3) is 0 Å². The van der Waals surface area contributed by atoms with E-state index in [9.17, 15) is 4.79 Å². The third-order valence-electron chi connectivity index (χ3n) is 2.44. The maximum absolute atomic E-state index is 10.8. The first-order chi connectivity index (χ1) is 7.56. The minimum absolute atomic E-state index is 0.340. The van der Waals surface area contributed by atoms with Crippen molar-refractivity contribution < 1.29 is 9.90 Å². The van der Waals surface area contributed by atoms with Gasteiger partial charge >= 0.3 is 5.97 Å². The third kappa shape index (κ3) is 2.78. The zero-order chi connectivity index (χ0) is 12.1. The fraction of sp³-hybridized carbons (Fsp3) is 0.364. The Bertz CT molecular complexity index is 425. The topological polar surface area (TPSA) is 77.2 Å². The highest BCUT2D eigenvalue weighted by Crippen LogP contribution is 2.09. The van der Waals surface area contributed by atoms with E-state index in [1.54, 1.807) is 37.2 Å². The molecule has 1 aromatic heterocycles. The summed E-state index contributed by atoms with van der Waals surface area (Å²) in [6.45, 7) is 1.99. The van der Waals surface area contributed by atoms with Gasteiger partial charge < -0.3 is 5.11 Å². The van der Waals surface area contributed by atoms with Crippen LogP contribution in [0.5, 0.6) is 0 Å². The monoisotopic (exact) mass is 219 g/mol. The molecule has 1 atom stereocenters. The molecular weight excluding hydrogens is 206 g/mol. The van der Waals surface area contributed by atoms with Crippen LogP contribution in [0.1, 0.15) is 18.2 Å². The van der Waals surface area contributed by atoms with Crippen LogP contribution < -0.4 is 0 Å². The molecule has 0 saturated carbocycles. The van der Waals surface area contributed by atoms with E-state index < -0.39 is 12.0 Å². The zero-order valence-electron chi connectivity index (χ0n) is 9.21. The van der Waals surface area contributed by atoms with Crippen molar-refractivity contribution in [3.8, 4) is 6.07 Å². The summed E-state index contributed by atoms with van der Waals surface area (Å²) in [7, 11) is 1.70. The molecule has 0 amide bonds. The summed E-state index contributed by atoms with van der Waals surface area (Å²) < 4.78 is 0. The van der Waals surface area contributed by atoms with Crippen molar-refractivity contribution in [3.63, 3.8) is 0 Å². The van der Waals surface area contributed by atoms with E-state index in [2.05, 4.69) is 4.98 Å². The van der Waals surface area contributed by atoms with Gasteiger partial charge in [0.05, 0.1) is 0 Å². The third-order valence-corrected chi connectivity index (χ3v) is 2.44. The molecule has 0 fully saturated rings. The Hall–Kier alpha value is -1.93. The summed E-state index contributed by atoms with van der Waals surface area (Å²) >= 11 is 0. The summed E-state index contributed by atoms with van der Waals surface area (Å²) in [4.78, 5) is 16.3. The van der Waals surface area contributed by atoms with Gasteiger partial charge in [0.1, 0.15) is 17.8 Å². The molecule has 0 saturated heterocycles. The molecule has 84 valence electrons. The highest BCUT2D eigenvalue weighted by molar-refractivity contribution is 5.72. The standard InChI is InChI=1S/C11H13N3O2/c1-8(11(15)16)14(2)7-9-4-3-5-13-10(9)6-12/h3-5,8H,7H2,1-2H3,(H,15,16). The predicted molar refractivity (Wildman–Crippen MR) is 57.5 cm³/mol. The van der Waals surface area contributed by atoms with Crippen molar-refractivity contribution in [1.82, 2.24) is 9.88 Å². The lowest BCUT2D eigenvalue weighted by atomic mass is 10.1. The molecule has 1 rings (SSSR count). The fourth-order valence-corrected chi connectivity index (χ4v) is 1.26. The van der Waals surface area contributed by atoms with Crippen molar-refractivity contribution in [2.24, 2.45) is 0 Å². The van der Waals surface area contributed by atoms with Crippen LogP contribution in [0.2, 0.25) is 0 Å². The fourth-order valence-electron chi connectivity index (χ4n) is 1.26. The van der Waals surface area contributed by atoms with Gasteiger partial charge in [0.25, 0.3) is 0 Å². The van der Waals surface area contributed by atoms with Gasteiger partial charge in [0.2, 0.25) is 0 Å². The van der Waals surface area contributed by atoms with Crippen LogP contribution in [0.3, 0.4) is 0 Å². The molecule has 1 N–H and O–H groups in total. The molecule has 0 aliphatic carbocycles. The van der Waals surface area contributed by atoms with Crippen molar-refractivity contribution >= 4 is 5.97 Å². The number of nitrogens with zero attached hydrogens (tertiary/aromatic N) is 3. The van der Waals surface area contributed by atoms with Crippen LogP contribution in [0.4, 0.5) is 0 Å². The number of carboxylic acids is 1. The van der Waals surface area contributed by atoms with E-state index in [0.717, 1.165) is 5.56 Å². The highest BCUT2D eigenvalue weighted by Gasteiger charge is 2.17. The second-order valence-electron chi connectivity index (χ2n) is 3.55. The number of rotatable bonds is 4. The number of aliphatic carboxylic acids is 1. The van der Waals surface area contributed by atoms with E-state index in [-0.39, 0.29) is 0 Å². The second kappa shape index (κ2) is 5.24. The molecule has 0 aliphatic heterocycles. The molecule has 5 nitrogen and oxygen atoms in total. The first kappa shape index (κ1) is 12.1. The van der Waals surface area contributed by atoms with E-state index in [4.69, 9.17) is 10.4 Å². The summed E-state index contributed by atoms with van der Waals surface area (Å²) in [6.07, 6.45) is 1.54. The summed E-state index contributed by atoms with van der Waals surface area (Å²) in [5, 5.41) is 17.7. The summed E-state index contributed by atoms with van der Waals surface area (Å²) in [5.41, 5.74) is 1.08. The lowest BCUT2D eigenvalue weighted by molar-refractivity contribution is -0.142. The molecule has 0 bridgehead atoms. The minimum atomic E-state index is -0.884. The van der Waals surface area contributed by atoms with Crippen molar-refractivity contribution in [1.29, 1.82) is 5.26 Å². The Labute approximate surface area is 93.9 Å². The largest absolute Gasteiger partial charge is 0.480 e. The molecule has 16 heavy (non-hydrogen) atoms. The Balaban J connectivity index is 2.81. The number of aromatic nitrogens is 1. The molecule has 5 heteroatoms. The average Bonchev–Trinajstić information content (AvgIpc) is 2.28. The number of hydrogen-bond acceptors (Lipinski definition) is 4. The number of hydrogen-bond donors (Lipinski definition) is 1. The first-order valence-corrected chi connectivity index (χ1v) is 4.83. The van der Waals surface area contributed by atoms with E-state index in [1.807, 2.05) is 6.07 Å². The van der Waals surface area contributed by atoms with Gasteiger partial charge in [-0.05, 0) is 20.0 Å². The predicted octanol–water partition coefficient (Wildman–Crippen LogP) is 0.858. The molecule has 1 unspecified atom stereocenters. The second-order valence-corrected chi connectivity index (χ2v) is 3.55. The lowest BCUT2D eigenvalue weighted by Crippen LogP contribution is -2.35. The smallest absolute Gasteiger partial charge is 0.320 e. The molecule has 0 spiro atoms. The van der Waals surface area contributed by atoms with E-state index >= 15 is 0 Å². The first-order valence-electron chi connectivity index (χ1n) is 4.83. The van der Waals surface area contributed by atoms with Gasteiger partial charge in [0, 0.05) is 18.3 Å². The number of pyridine rings is 1. The van der Waals surface area contributed by atoms with E-state index in [0.29, 0.717) is 12.2 Å². The number of carbonyl (C=O) groups is 1. The molecular formula is C11H13N3O2. The number of likely N-dealkylation sites (N-methyl/N-ethyl adjacent to an activating group) is 1. The maximum atomic E-state index is 10.8. The SMILES string of the molecule is CC(C(=O)O)N(C)Cc1cccnc1C#N. The molecule has 0 aliphatic rings. The Kier molecular flexibility index (Phi) is 3.97. The van der Waals surface area contributed by atoms with Crippen LogP contribution in [-0.4, -0.2) is 34.0 Å². The average molecular weight is 219 g/mol. The van der Waals surface area contributed by atoms with Crippen LogP contribution in [0, 0.1) is 11.3 Å². The Morgan fingerprint density at radius 1 is 1.75 bits per heavy atom. The lowest BCUT2D eigenvalue weighted by Gasteiger charge is -2.21. The van der Waals surface area contributed by atoms with Crippen LogP contribution in [-0.2, 0) is 11.3 Å². The zero-order valence-corrected chi connectivity index (χ0v) is 9.21. The van der Waals surface area contributed by atoms with Crippen molar-refractivity contribution in [3.05, 3.63) is 29.6 Å². The van der Waals surface area contributed by atoms with Gasteiger partial charge in [-0.2, -0.15) is 5.26 Å². The minimum Gasteiger partial charge on any atom is -0.480 e. The normalized spacial score (nSPS) is 12.1. The number of carboxylic acid groups (broad SMARTS) is 1. The Morgan fingerprint density at radius 3 is 3.00 bits per heavy atom. The van der Waals surface area contributed by atoms with Gasteiger partial charge in [0.15, 0.2) is 0 Å². The molecule has 1 heterocycles. The van der Waals surface area contributed by atoms with Crippen molar-refractivity contribution in [2.45, 2.75) is 19.5 Å². The van der Waals surface area contributed by atoms with Gasteiger partial charge in [-0.1, -0.05) is 6.07 Å². The quantitative estimate of drug-likeness (QED) is 0.812. The van der Waals surface area contributed by atoms with Gasteiger partial charge in [-0.25, -0.2) is 4.98 Å². The summed E-state index contributed by atoms with van der Waals surface area (Å²) in [6, 6.07) is 4.90. The van der Waals surface area contributed by atoms with E-state index in [1.165, 1.54) is 0 Å². The molecule has 0 radical (unpaired) electrons. The Morgan fingerprint density at radius 2 is 2.44 bits per heavy atom. The summed E-state index contributed by atoms with van der Waals surface area (Å²) in [5.74, 6) is -0.884. The van der Waals surface area contributed by atoms with Crippen molar-refractivity contribution in [2.75, 3.05) is 7.05 Å². The molecule has 0 aromatic carbocycles. The highest BCUT2D eigenvalue weighted by atomic mass is 16.4. The van der Waals surface area contributed by atoms with Gasteiger partial charge in [-0.3, -0.25) is 9.69 Å². The number of nitriles is 1. The van der Waals surface area contributed by atoms with Crippen LogP contribution in [0.15, 0.2) is 18.3 Å². The van der Waals surface area contributed by atoms with Crippen LogP contribution >= 0.6 is 0 Å². The maximum Gasteiger partial charge on any atom is 0.320 e. The molecule has 1 aromatic rings. The van der Waals surface area contributed by atoms with Gasteiger partial charge in [-0.15, -0.1) is 0 Å².